The Morgan fingerprint density at radius 2 is 1.85 bits per heavy atom. The maximum absolute atomic E-state index is 11.6. The molecular weight excluding hydrogens is 444 g/mol. The first kappa shape index (κ1) is 23.4. The van der Waals surface area contributed by atoms with Gasteiger partial charge in [0.25, 0.3) is 0 Å². The summed E-state index contributed by atoms with van der Waals surface area (Å²) in [4.78, 5) is 20.1. The first-order chi connectivity index (χ1) is 15.9. The van der Waals surface area contributed by atoms with Gasteiger partial charge in [-0.2, -0.15) is 0 Å². The molecule has 1 aliphatic rings. The van der Waals surface area contributed by atoms with Crippen LogP contribution in [0.15, 0.2) is 24.5 Å². The van der Waals surface area contributed by atoms with Gasteiger partial charge < -0.3 is 24.4 Å². The number of fused-ring (bicyclic) bond motifs is 1. The highest BCUT2D eigenvalue weighted by Gasteiger charge is 2.30. The minimum absolute atomic E-state index is 0.0665. The van der Waals surface area contributed by atoms with Crippen molar-refractivity contribution in [3.63, 3.8) is 0 Å². The molecule has 2 heterocycles. The van der Waals surface area contributed by atoms with Crippen molar-refractivity contribution in [2.45, 2.75) is 57.3 Å². The molecule has 0 saturated heterocycles. The van der Waals surface area contributed by atoms with Gasteiger partial charge in [-0.05, 0) is 37.5 Å². The molecule has 1 aromatic carbocycles. The van der Waals surface area contributed by atoms with Gasteiger partial charge in [0.1, 0.15) is 23.2 Å². The number of benzene rings is 1. The van der Waals surface area contributed by atoms with Crippen LogP contribution in [0.2, 0.25) is 0 Å². The van der Waals surface area contributed by atoms with Crippen LogP contribution >= 0.6 is 11.3 Å². The van der Waals surface area contributed by atoms with Crippen molar-refractivity contribution in [2.75, 3.05) is 14.2 Å². The average molecular weight is 473 g/mol. The van der Waals surface area contributed by atoms with Gasteiger partial charge in [0.2, 0.25) is 0 Å². The number of hydrogen-bond donors (Lipinski definition) is 2. The Morgan fingerprint density at radius 3 is 2.45 bits per heavy atom. The van der Waals surface area contributed by atoms with Crippen molar-refractivity contribution in [2.24, 2.45) is 0 Å². The number of methoxy groups -OCH3 is 2. The molecule has 2 aromatic heterocycles. The largest absolute Gasteiger partial charge is 0.496 e. The molecule has 1 aliphatic carbocycles. The van der Waals surface area contributed by atoms with Crippen molar-refractivity contribution >= 4 is 27.5 Å². The summed E-state index contributed by atoms with van der Waals surface area (Å²) in [6, 6.07) is 3.61. The summed E-state index contributed by atoms with van der Waals surface area (Å²) in [6.45, 7) is 1.90. The highest BCUT2D eigenvalue weighted by molar-refractivity contribution is 7.18. The van der Waals surface area contributed by atoms with Gasteiger partial charge in [-0.3, -0.25) is 4.98 Å². The summed E-state index contributed by atoms with van der Waals surface area (Å²) in [5, 5.41) is 21.5. The molecule has 0 unspecified atom stereocenters. The monoisotopic (exact) mass is 472 g/mol. The van der Waals surface area contributed by atoms with E-state index in [0.717, 1.165) is 31.2 Å². The summed E-state index contributed by atoms with van der Waals surface area (Å²) in [6.07, 6.45) is 5.95. The van der Waals surface area contributed by atoms with Crippen molar-refractivity contribution in [1.82, 2.24) is 9.97 Å². The maximum atomic E-state index is 11.6. The molecule has 1 fully saturated rings. The minimum Gasteiger partial charge on any atom is -0.496 e. The third-order valence-electron chi connectivity index (χ3n) is 6.09. The van der Waals surface area contributed by atoms with Crippen LogP contribution in [0.5, 0.6) is 11.5 Å². The molecule has 1 saturated carbocycles. The van der Waals surface area contributed by atoms with E-state index in [1.165, 1.54) is 17.5 Å². The van der Waals surface area contributed by atoms with E-state index in [9.17, 15) is 15.0 Å². The number of aromatic carboxylic acids is 1. The summed E-state index contributed by atoms with van der Waals surface area (Å²) >= 11 is 1.37. The predicted molar refractivity (Wildman–Crippen MR) is 124 cm³/mol. The Labute approximate surface area is 196 Å². The van der Waals surface area contributed by atoms with E-state index in [4.69, 9.17) is 14.2 Å². The zero-order valence-corrected chi connectivity index (χ0v) is 19.7. The number of nitrogens with zero attached hydrogens (tertiary/aromatic N) is 2. The topological polar surface area (TPSA) is 111 Å². The van der Waals surface area contributed by atoms with Gasteiger partial charge in [0.05, 0.1) is 41.7 Å². The number of carboxylic acid groups (broad SMARTS) is 1. The average Bonchev–Trinajstić information content (AvgIpc) is 3.47. The van der Waals surface area contributed by atoms with E-state index in [1.807, 2.05) is 6.92 Å². The van der Waals surface area contributed by atoms with Crippen LogP contribution in [0.3, 0.4) is 0 Å². The molecule has 3 aromatic rings. The molecule has 0 aliphatic heterocycles. The maximum Gasteiger partial charge on any atom is 0.339 e. The van der Waals surface area contributed by atoms with Gasteiger partial charge in [0.15, 0.2) is 0 Å². The van der Waals surface area contributed by atoms with E-state index < -0.39 is 18.2 Å². The molecule has 8 nitrogen and oxygen atoms in total. The SMILES string of the molecule is COc1cc([C@@H](O)[C@H](Cc2nc3c(C(=O)O)cncc3s2)OC2CCCC2)cc(OC)c1C. The molecule has 9 heteroatoms. The summed E-state index contributed by atoms with van der Waals surface area (Å²) < 4.78 is 18.0. The van der Waals surface area contributed by atoms with E-state index >= 15 is 0 Å². The third kappa shape index (κ3) is 4.95. The number of aliphatic hydroxyl groups excluding tert-OH is 1. The Kier molecular flexibility index (Phi) is 7.11. The van der Waals surface area contributed by atoms with E-state index in [2.05, 4.69) is 9.97 Å². The lowest BCUT2D eigenvalue weighted by atomic mass is 9.99. The fraction of sp³-hybridized carbons (Fsp3) is 0.458. The summed E-state index contributed by atoms with van der Waals surface area (Å²) in [7, 11) is 3.17. The second-order valence-electron chi connectivity index (χ2n) is 8.23. The quantitative estimate of drug-likeness (QED) is 0.474. The van der Waals surface area contributed by atoms with Crippen LogP contribution in [-0.4, -0.2) is 52.6 Å². The second kappa shape index (κ2) is 10.0. The molecule has 2 N–H and O–H groups in total. The highest BCUT2D eigenvalue weighted by atomic mass is 32.1. The normalized spacial score (nSPS) is 16.1. The van der Waals surface area contributed by atoms with Crippen molar-refractivity contribution < 1.29 is 29.2 Å². The van der Waals surface area contributed by atoms with Gasteiger partial charge in [-0.1, -0.05) is 12.8 Å². The number of carbonyl (C=O) groups is 1. The van der Waals surface area contributed by atoms with Crippen molar-refractivity contribution in [3.8, 4) is 11.5 Å². The predicted octanol–water partition coefficient (Wildman–Crippen LogP) is 4.32. The van der Waals surface area contributed by atoms with Gasteiger partial charge >= 0.3 is 5.97 Å². The van der Waals surface area contributed by atoms with E-state index in [0.29, 0.717) is 38.7 Å². The van der Waals surface area contributed by atoms with Gasteiger partial charge in [-0.25, -0.2) is 9.78 Å². The van der Waals surface area contributed by atoms with Crippen molar-refractivity contribution in [3.05, 3.63) is 46.2 Å². The first-order valence-electron chi connectivity index (χ1n) is 10.9. The zero-order chi connectivity index (χ0) is 23.5. The lowest BCUT2D eigenvalue weighted by Crippen LogP contribution is -2.29. The van der Waals surface area contributed by atoms with Crippen LogP contribution in [-0.2, 0) is 11.2 Å². The Balaban J connectivity index is 1.68. The lowest BCUT2D eigenvalue weighted by Gasteiger charge is -2.27. The van der Waals surface area contributed by atoms with E-state index in [-0.39, 0.29) is 11.7 Å². The summed E-state index contributed by atoms with van der Waals surface area (Å²) in [5.41, 5.74) is 1.96. The minimum atomic E-state index is -1.07. The molecule has 0 radical (unpaired) electrons. The Morgan fingerprint density at radius 1 is 1.18 bits per heavy atom. The van der Waals surface area contributed by atoms with Gasteiger partial charge in [0, 0.05) is 24.4 Å². The third-order valence-corrected chi connectivity index (χ3v) is 7.10. The number of hydrogen-bond acceptors (Lipinski definition) is 8. The molecule has 0 bridgehead atoms. The van der Waals surface area contributed by atoms with Crippen LogP contribution in [0, 0.1) is 6.92 Å². The fourth-order valence-corrected chi connectivity index (χ4v) is 5.32. The number of pyridine rings is 1. The number of ether oxygens (including phenoxy) is 3. The molecule has 2 atom stereocenters. The van der Waals surface area contributed by atoms with E-state index in [1.54, 1.807) is 32.5 Å². The number of thiazole rings is 1. The smallest absolute Gasteiger partial charge is 0.339 e. The molecular formula is C24H28N2O6S. The standard InChI is InChI=1S/C24H28N2O6S/c1-13-17(30-2)8-14(9-18(13)31-3)23(27)19(32-15-6-4-5-7-15)10-21-26-22-16(24(28)29)11-25-12-20(22)33-21/h8-9,11-12,15,19,23,27H,4-7,10H2,1-3H3,(H,28,29)/t19-,23+/m0/s1. The Hall–Kier alpha value is -2.75. The second-order valence-corrected chi connectivity index (χ2v) is 9.34. The number of rotatable bonds is 9. The number of aliphatic hydroxyl groups is 1. The number of aromatic nitrogens is 2. The molecule has 176 valence electrons. The summed E-state index contributed by atoms with van der Waals surface area (Å²) in [5.74, 6) is 0.183. The molecule has 4 rings (SSSR count). The van der Waals surface area contributed by atoms with Crippen LogP contribution in [0.25, 0.3) is 10.2 Å². The fourth-order valence-electron chi connectivity index (χ4n) is 4.31. The van der Waals surface area contributed by atoms with Crippen LogP contribution in [0.4, 0.5) is 0 Å². The lowest BCUT2D eigenvalue weighted by molar-refractivity contribution is -0.0753. The van der Waals surface area contributed by atoms with Crippen LogP contribution in [0.1, 0.15) is 58.3 Å². The highest BCUT2D eigenvalue weighted by Crippen LogP contribution is 2.36. The van der Waals surface area contributed by atoms with Crippen molar-refractivity contribution in [1.29, 1.82) is 0 Å². The number of carboxylic acids is 1. The van der Waals surface area contributed by atoms with Gasteiger partial charge in [-0.15, -0.1) is 11.3 Å². The Bertz CT molecular complexity index is 1120. The molecule has 0 amide bonds. The molecule has 33 heavy (non-hydrogen) atoms. The first-order valence-corrected chi connectivity index (χ1v) is 11.8. The molecule has 0 spiro atoms. The zero-order valence-electron chi connectivity index (χ0n) is 18.9. The van der Waals surface area contributed by atoms with Crippen LogP contribution < -0.4 is 9.47 Å².